The summed E-state index contributed by atoms with van der Waals surface area (Å²) < 4.78 is 4.54. The third kappa shape index (κ3) is 4.08. The SMILES string of the molecule is COC(=O)Cc1ccc(CN)c(Cl)c1.Cl. The number of halogens is 2. The van der Waals surface area contributed by atoms with E-state index in [2.05, 4.69) is 4.74 Å². The molecule has 0 aliphatic heterocycles. The van der Waals surface area contributed by atoms with Crippen LogP contribution < -0.4 is 5.73 Å². The van der Waals surface area contributed by atoms with Crippen LogP contribution in [0.15, 0.2) is 18.2 Å². The summed E-state index contributed by atoms with van der Waals surface area (Å²) in [7, 11) is 1.36. The number of esters is 1. The molecule has 1 aromatic carbocycles. The second-order valence-corrected chi connectivity index (χ2v) is 3.29. The van der Waals surface area contributed by atoms with Gasteiger partial charge in [0.25, 0.3) is 0 Å². The zero-order valence-corrected chi connectivity index (χ0v) is 9.90. The summed E-state index contributed by atoms with van der Waals surface area (Å²) in [5.41, 5.74) is 7.16. The van der Waals surface area contributed by atoms with Gasteiger partial charge in [0.15, 0.2) is 0 Å². The molecule has 0 amide bonds. The second-order valence-electron chi connectivity index (χ2n) is 2.88. The minimum Gasteiger partial charge on any atom is -0.469 e. The first kappa shape index (κ1) is 14.2. The highest BCUT2D eigenvalue weighted by Crippen LogP contribution is 2.17. The number of hydrogen-bond acceptors (Lipinski definition) is 3. The Morgan fingerprint density at radius 1 is 1.53 bits per heavy atom. The topological polar surface area (TPSA) is 52.3 Å². The van der Waals surface area contributed by atoms with Crippen molar-refractivity contribution in [2.45, 2.75) is 13.0 Å². The zero-order valence-electron chi connectivity index (χ0n) is 8.33. The summed E-state index contributed by atoms with van der Waals surface area (Å²) in [6.07, 6.45) is 0.237. The zero-order chi connectivity index (χ0) is 10.6. The van der Waals surface area contributed by atoms with E-state index in [0.717, 1.165) is 11.1 Å². The Morgan fingerprint density at radius 2 is 2.20 bits per heavy atom. The van der Waals surface area contributed by atoms with Crippen LogP contribution >= 0.6 is 24.0 Å². The fourth-order valence-corrected chi connectivity index (χ4v) is 1.39. The summed E-state index contributed by atoms with van der Waals surface area (Å²) >= 11 is 5.92. The Labute approximate surface area is 100.0 Å². The molecular weight excluding hydrogens is 237 g/mol. The van der Waals surface area contributed by atoms with E-state index in [1.165, 1.54) is 7.11 Å². The van der Waals surface area contributed by atoms with Gasteiger partial charge in [0.05, 0.1) is 13.5 Å². The molecule has 0 fully saturated rings. The van der Waals surface area contributed by atoms with Crippen molar-refractivity contribution in [3.05, 3.63) is 34.3 Å². The lowest BCUT2D eigenvalue weighted by Crippen LogP contribution is -2.05. The Hall–Kier alpha value is -0.770. The Kier molecular flexibility index (Phi) is 6.32. The molecule has 15 heavy (non-hydrogen) atoms. The average molecular weight is 250 g/mol. The number of methoxy groups -OCH3 is 1. The molecule has 84 valence electrons. The predicted octanol–water partition coefficient (Wildman–Crippen LogP) is 1.94. The molecule has 0 saturated carbocycles. The fourth-order valence-electron chi connectivity index (χ4n) is 1.11. The van der Waals surface area contributed by atoms with Crippen LogP contribution in [0.4, 0.5) is 0 Å². The average Bonchev–Trinajstić information content (AvgIpc) is 2.18. The maximum absolute atomic E-state index is 11.0. The number of carbonyl (C=O) groups is 1. The molecule has 3 nitrogen and oxygen atoms in total. The molecule has 0 heterocycles. The number of benzene rings is 1. The van der Waals surface area contributed by atoms with Crippen molar-refractivity contribution in [1.82, 2.24) is 0 Å². The monoisotopic (exact) mass is 249 g/mol. The van der Waals surface area contributed by atoms with Crippen LogP contribution in [0, 0.1) is 0 Å². The summed E-state index contributed by atoms with van der Waals surface area (Å²) in [6.45, 7) is 0.400. The van der Waals surface area contributed by atoms with E-state index in [1.54, 1.807) is 6.07 Å². The van der Waals surface area contributed by atoms with E-state index in [-0.39, 0.29) is 24.8 Å². The van der Waals surface area contributed by atoms with Gasteiger partial charge in [0, 0.05) is 11.6 Å². The maximum Gasteiger partial charge on any atom is 0.309 e. The highest BCUT2D eigenvalue weighted by Gasteiger charge is 2.05. The van der Waals surface area contributed by atoms with Crippen LogP contribution in [0.25, 0.3) is 0 Å². The van der Waals surface area contributed by atoms with E-state index in [4.69, 9.17) is 17.3 Å². The smallest absolute Gasteiger partial charge is 0.309 e. The molecule has 0 aliphatic rings. The van der Waals surface area contributed by atoms with Crippen LogP contribution in [0.3, 0.4) is 0 Å². The molecule has 0 spiro atoms. The fraction of sp³-hybridized carbons (Fsp3) is 0.300. The van der Waals surface area contributed by atoms with Gasteiger partial charge in [-0.1, -0.05) is 23.7 Å². The quantitative estimate of drug-likeness (QED) is 0.834. The van der Waals surface area contributed by atoms with E-state index < -0.39 is 0 Å². The van der Waals surface area contributed by atoms with Gasteiger partial charge in [0.2, 0.25) is 0 Å². The number of rotatable bonds is 3. The highest BCUT2D eigenvalue weighted by atomic mass is 35.5. The van der Waals surface area contributed by atoms with Crippen LogP contribution in [0.1, 0.15) is 11.1 Å². The molecule has 0 aromatic heterocycles. The van der Waals surface area contributed by atoms with Crippen molar-refractivity contribution < 1.29 is 9.53 Å². The molecule has 2 N–H and O–H groups in total. The van der Waals surface area contributed by atoms with Crippen molar-refractivity contribution in [3.63, 3.8) is 0 Å². The van der Waals surface area contributed by atoms with Gasteiger partial charge in [-0.3, -0.25) is 4.79 Å². The third-order valence-electron chi connectivity index (χ3n) is 1.91. The van der Waals surface area contributed by atoms with E-state index in [9.17, 15) is 4.79 Å². The minimum absolute atomic E-state index is 0. The van der Waals surface area contributed by atoms with Gasteiger partial charge in [-0.15, -0.1) is 12.4 Å². The summed E-state index contributed by atoms with van der Waals surface area (Å²) in [4.78, 5) is 11.0. The van der Waals surface area contributed by atoms with E-state index in [1.807, 2.05) is 12.1 Å². The van der Waals surface area contributed by atoms with Gasteiger partial charge in [-0.05, 0) is 17.2 Å². The van der Waals surface area contributed by atoms with Crippen molar-refractivity contribution >= 4 is 30.0 Å². The lowest BCUT2D eigenvalue weighted by Gasteiger charge is -2.04. The predicted molar refractivity (Wildman–Crippen MR) is 62.3 cm³/mol. The highest BCUT2D eigenvalue weighted by molar-refractivity contribution is 6.31. The van der Waals surface area contributed by atoms with Crippen LogP contribution in [-0.2, 0) is 22.5 Å². The van der Waals surface area contributed by atoms with Crippen molar-refractivity contribution in [2.75, 3.05) is 7.11 Å². The number of carbonyl (C=O) groups excluding carboxylic acids is 1. The maximum atomic E-state index is 11.0. The largest absolute Gasteiger partial charge is 0.469 e. The van der Waals surface area contributed by atoms with Crippen molar-refractivity contribution in [1.29, 1.82) is 0 Å². The normalized spacial score (nSPS) is 9.27. The first-order valence-corrected chi connectivity index (χ1v) is 4.59. The van der Waals surface area contributed by atoms with E-state index >= 15 is 0 Å². The third-order valence-corrected chi connectivity index (χ3v) is 2.27. The number of ether oxygens (including phenoxy) is 1. The van der Waals surface area contributed by atoms with Gasteiger partial charge in [0.1, 0.15) is 0 Å². The summed E-state index contributed by atoms with van der Waals surface area (Å²) in [5, 5.41) is 0.592. The van der Waals surface area contributed by atoms with Crippen molar-refractivity contribution in [2.24, 2.45) is 5.73 Å². The molecule has 0 atom stereocenters. The minimum atomic E-state index is -0.276. The molecular formula is C10H13Cl2NO2. The van der Waals surface area contributed by atoms with Gasteiger partial charge in [-0.25, -0.2) is 0 Å². The van der Waals surface area contributed by atoms with Crippen molar-refractivity contribution in [3.8, 4) is 0 Å². The molecule has 0 radical (unpaired) electrons. The Bertz CT molecular complexity index is 342. The van der Waals surface area contributed by atoms with Gasteiger partial charge >= 0.3 is 5.97 Å². The second kappa shape index (κ2) is 6.67. The first-order valence-electron chi connectivity index (χ1n) is 4.21. The Balaban J connectivity index is 0.00000196. The van der Waals surface area contributed by atoms with Gasteiger partial charge < -0.3 is 10.5 Å². The molecule has 5 heteroatoms. The van der Waals surface area contributed by atoms with Crippen LogP contribution in [-0.4, -0.2) is 13.1 Å². The molecule has 1 aromatic rings. The first-order chi connectivity index (χ1) is 6.67. The molecule has 0 unspecified atom stereocenters. The summed E-state index contributed by atoms with van der Waals surface area (Å²) in [6, 6.07) is 5.38. The van der Waals surface area contributed by atoms with E-state index in [0.29, 0.717) is 11.6 Å². The lowest BCUT2D eigenvalue weighted by molar-refractivity contribution is -0.139. The number of nitrogens with two attached hydrogens (primary N) is 1. The lowest BCUT2D eigenvalue weighted by atomic mass is 10.1. The standard InChI is InChI=1S/C10H12ClNO2.ClH/c1-14-10(13)5-7-2-3-8(6-12)9(11)4-7;/h2-4H,5-6,12H2,1H3;1H. The number of hydrogen-bond donors (Lipinski definition) is 1. The summed E-state index contributed by atoms with van der Waals surface area (Å²) in [5.74, 6) is -0.276. The van der Waals surface area contributed by atoms with Crippen LogP contribution in [0.2, 0.25) is 5.02 Å². The molecule has 0 aliphatic carbocycles. The van der Waals surface area contributed by atoms with Crippen LogP contribution in [0.5, 0.6) is 0 Å². The Morgan fingerprint density at radius 3 is 2.67 bits per heavy atom. The van der Waals surface area contributed by atoms with Gasteiger partial charge in [-0.2, -0.15) is 0 Å². The molecule has 0 bridgehead atoms. The molecule has 1 rings (SSSR count). The molecule has 0 saturated heterocycles.